The molecule has 0 saturated carbocycles. The van der Waals surface area contributed by atoms with Gasteiger partial charge in [0.15, 0.2) is 0 Å². The maximum absolute atomic E-state index is 14.2. The van der Waals surface area contributed by atoms with Crippen LogP contribution in [0.25, 0.3) is 0 Å². The van der Waals surface area contributed by atoms with Crippen LogP contribution in [0.15, 0.2) is 36.4 Å². The number of carbonyl (C=O) groups is 2. The molecular formula is C30H38F4N2O6. The van der Waals surface area contributed by atoms with Crippen molar-refractivity contribution in [3.8, 4) is 17.2 Å². The van der Waals surface area contributed by atoms with Crippen LogP contribution in [0.2, 0.25) is 0 Å². The van der Waals surface area contributed by atoms with E-state index in [0.717, 1.165) is 17.0 Å². The van der Waals surface area contributed by atoms with Crippen LogP contribution in [0.1, 0.15) is 64.1 Å². The predicted octanol–water partition coefficient (Wildman–Crippen LogP) is 6.66. The summed E-state index contributed by atoms with van der Waals surface area (Å²) < 4.78 is 76.3. The Bertz CT molecular complexity index is 1250. The Morgan fingerprint density at radius 2 is 1.76 bits per heavy atom. The highest BCUT2D eigenvalue weighted by Gasteiger charge is 2.46. The van der Waals surface area contributed by atoms with E-state index in [1.54, 1.807) is 45.9 Å². The molecule has 0 aromatic heterocycles. The lowest BCUT2D eigenvalue weighted by Gasteiger charge is -2.30. The largest absolute Gasteiger partial charge is 0.497 e. The van der Waals surface area contributed by atoms with Gasteiger partial charge in [-0.1, -0.05) is 0 Å². The van der Waals surface area contributed by atoms with Crippen molar-refractivity contribution in [2.45, 2.75) is 77.4 Å². The smallest absolute Gasteiger partial charge is 0.471 e. The number of amides is 2. The van der Waals surface area contributed by atoms with Gasteiger partial charge in [-0.15, -0.1) is 0 Å². The third-order valence-electron chi connectivity index (χ3n) is 6.73. The third-order valence-corrected chi connectivity index (χ3v) is 6.73. The van der Waals surface area contributed by atoms with Crippen LogP contribution in [-0.2, 0) is 16.1 Å². The highest BCUT2D eigenvalue weighted by atomic mass is 19.4. The summed E-state index contributed by atoms with van der Waals surface area (Å²) in [6.07, 6.45) is -5.23. The molecule has 1 heterocycles. The molecule has 2 aromatic rings. The molecule has 0 N–H and O–H groups in total. The third kappa shape index (κ3) is 8.65. The minimum absolute atomic E-state index is 0.0891. The van der Waals surface area contributed by atoms with Gasteiger partial charge in [-0.05, 0) is 70.9 Å². The van der Waals surface area contributed by atoms with Crippen LogP contribution in [0.3, 0.4) is 0 Å². The first-order valence-corrected chi connectivity index (χ1v) is 13.7. The summed E-state index contributed by atoms with van der Waals surface area (Å²) in [5.74, 6) is -1.32. The Balaban J connectivity index is 1.79. The molecule has 2 amide bonds. The SMILES string of the molecule is COc1ccc(CN(CCC(C)Oc2ccc(F)cc2[C@H]2CCCN2C(=O)C(F)(F)F)C(=O)OC(C)(C)C)c(OC)c1. The van der Waals surface area contributed by atoms with Crippen molar-refractivity contribution < 1.29 is 46.1 Å². The molecule has 0 bridgehead atoms. The summed E-state index contributed by atoms with van der Waals surface area (Å²) >= 11 is 0. The van der Waals surface area contributed by atoms with Crippen molar-refractivity contribution in [1.82, 2.24) is 9.80 Å². The molecule has 0 radical (unpaired) electrons. The number of methoxy groups -OCH3 is 2. The van der Waals surface area contributed by atoms with Crippen LogP contribution < -0.4 is 14.2 Å². The first-order valence-electron chi connectivity index (χ1n) is 13.7. The molecule has 2 atom stereocenters. The lowest BCUT2D eigenvalue weighted by molar-refractivity contribution is -0.186. The molecule has 0 aliphatic carbocycles. The number of hydrogen-bond acceptors (Lipinski definition) is 6. The Morgan fingerprint density at radius 3 is 2.38 bits per heavy atom. The highest BCUT2D eigenvalue weighted by molar-refractivity contribution is 5.82. The Kier molecular flexibility index (Phi) is 10.6. The molecule has 0 spiro atoms. The van der Waals surface area contributed by atoms with E-state index in [0.29, 0.717) is 29.9 Å². The maximum Gasteiger partial charge on any atom is 0.471 e. The molecule has 8 nitrogen and oxygen atoms in total. The second-order valence-corrected chi connectivity index (χ2v) is 11.1. The maximum atomic E-state index is 14.2. The minimum atomic E-state index is -5.04. The molecule has 1 fully saturated rings. The lowest BCUT2D eigenvalue weighted by Crippen LogP contribution is -2.40. The molecule has 1 saturated heterocycles. The number of ether oxygens (including phenoxy) is 4. The van der Waals surface area contributed by atoms with Crippen LogP contribution in [-0.4, -0.2) is 67.0 Å². The number of likely N-dealkylation sites (tertiary alicyclic amines) is 1. The average Bonchev–Trinajstić information content (AvgIpc) is 3.39. The standard InChI is InChI=1S/C30H38F4N2O6/c1-19(41-25-12-10-21(31)16-23(25)24-8-7-14-36(24)27(37)30(32,33)34)13-15-35(28(38)42-29(2,3)4)18-20-9-11-22(39-5)17-26(20)40-6/h9-12,16-17,19,24H,7-8,13-15,18H2,1-6H3/t19?,24-/m1/s1. The van der Waals surface area contributed by atoms with E-state index in [9.17, 15) is 27.2 Å². The van der Waals surface area contributed by atoms with Gasteiger partial charge in [0, 0.05) is 36.7 Å². The molecule has 12 heteroatoms. The Hall–Kier alpha value is -3.70. The lowest BCUT2D eigenvalue weighted by atomic mass is 10.0. The fourth-order valence-electron chi connectivity index (χ4n) is 4.75. The number of benzene rings is 2. The minimum Gasteiger partial charge on any atom is -0.497 e. The average molecular weight is 599 g/mol. The van der Waals surface area contributed by atoms with Crippen LogP contribution >= 0.6 is 0 Å². The fraction of sp³-hybridized carbons (Fsp3) is 0.533. The number of carbonyl (C=O) groups excluding carboxylic acids is 2. The zero-order valence-electron chi connectivity index (χ0n) is 24.7. The van der Waals surface area contributed by atoms with Gasteiger partial charge in [-0.3, -0.25) is 4.79 Å². The van der Waals surface area contributed by atoms with Crippen molar-refractivity contribution in [2.24, 2.45) is 0 Å². The van der Waals surface area contributed by atoms with E-state index in [2.05, 4.69) is 0 Å². The molecule has 1 unspecified atom stereocenters. The molecule has 1 aliphatic heterocycles. The predicted molar refractivity (Wildman–Crippen MR) is 147 cm³/mol. The summed E-state index contributed by atoms with van der Waals surface area (Å²) in [6, 6.07) is 7.89. The molecule has 3 rings (SSSR count). The Labute approximate surface area is 243 Å². The number of alkyl halides is 3. The van der Waals surface area contributed by atoms with Crippen molar-refractivity contribution in [1.29, 1.82) is 0 Å². The first kappa shape index (κ1) is 32.8. The van der Waals surface area contributed by atoms with Gasteiger partial charge in [0.05, 0.1) is 32.9 Å². The van der Waals surface area contributed by atoms with Gasteiger partial charge in [-0.25, -0.2) is 9.18 Å². The van der Waals surface area contributed by atoms with Gasteiger partial charge in [-0.2, -0.15) is 13.2 Å². The van der Waals surface area contributed by atoms with Gasteiger partial charge in [0.1, 0.15) is 28.7 Å². The van der Waals surface area contributed by atoms with Gasteiger partial charge in [0.25, 0.3) is 0 Å². The first-order chi connectivity index (χ1) is 19.6. The summed E-state index contributed by atoms with van der Waals surface area (Å²) in [7, 11) is 3.05. The zero-order chi connectivity index (χ0) is 31.2. The van der Waals surface area contributed by atoms with Crippen molar-refractivity contribution in [2.75, 3.05) is 27.3 Å². The molecule has 42 heavy (non-hydrogen) atoms. The van der Waals surface area contributed by atoms with Crippen molar-refractivity contribution in [3.63, 3.8) is 0 Å². The Morgan fingerprint density at radius 1 is 1.05 bits per heavy atom. The van der Waals surface area contributed by atoms with E-state index in [4.69, 9.17) is 18.9 Å². The van der Waals surface area contributed by atoms with Gasteiger partial charge < -0.3 is 28.7 Å². The number of halogens is 4. The summed E-state index contributed by atoms with van der Waals surface area (Å²) in [5, 5.41) is 0. The highest BCUT2D eigenvalue weighted by Crippen LogP contribution is 2.40. The van der Waals surface area contributed by atoms with E-state index >= 15 is 0 Å². The van der Waals surface area contributed by atoms with Crippen LogP contribution in [0, 0.1) is 5.82 Å². The van der Waals surface area contributed by atoms with E-state index in [1.807, 2.05) is 0 Å². The quantitative estimate of drug-likeness (QED) is 0.285. The number of hydrogen-bond donors (Lipinski definition) is 0. The molecular weight excluding hydrogens is 560 g/mol. The fourth-order valence-corrected chi connectivity index (χ4v) is 4.75. The topological polar surface area (TPSA) is 77.5 Å². The monoisotopic (exact) mass is 598 g/mol. The van der Waals surface area contributed by atoms with Gasteiger partial charge >= 0.3 is 18.2 Å². The van der Waals surface area contributed by atoms with Crippen molar-refractivity contribution in [3.05, 3.63) is 53.3 Å². The summed E-state index contributed by atoms with van der Waals surface area (Å²) in [4.78, 5) is 27.4. The normalized spacial score (nSPS) is 16.1. The van der Waals surface area contributed by atoms with Crippen LogP contribution in [0.5, 0.6) is 17.2 Å². The van der Waals surface area contributed by atoms with E-state index in [-0.39, 0.29) is 37.4 Å². The van der Waals surface area contributed by atoms with E-state index in [1.165, 1.54) is 25.2 Å². The van der Waals surface area contributed by atoms with Crippen LogP contribution in [0.4, 0.5) is 22.4 Å². The van der Waals surface area contributed by atoms with Crippen molar-refractivity contribution >= 4 is 12.0 Å². The molecule has 232 valence electrons. The summed E-state index contributed by atoms with van der Waals surface area (Å²) in [5.41, 5.74) is 0.143. The summed E-state index contributed by atoms with van der Waals surface area (Å²) in [6.45, 7) is 7.28. The zero-order valence-corrected chi connectivity index (χ0v) is 24.7. The number of nitrogens with zero attached hydrogens (tertiary/aromatic N) is 2. The molecule has 1 aliphatic rings. The number of rotatable bonds is 10. The van der Waals surface area contributed by atoms with Gasteiger partial charge in [0.2, 0.25) is 0 Å². The second kappa shape index (κ2) is 13.5. The molecule has 2 aromatic carbocycles. The van der Waals surface area contributed by atoms with E-state index < -0.39 is 41.7 Å². The second-order valence-electron chi connectivity index (χ2n) is 11.1.